The lowest BCUT2D eigenvalue weighted by molar-refractivity contribution is 0.0352. The van der Waals surface area contributed by atoms with Crippen LogP contribution in [0.1, 0.15) is 34.5 Å². The van der Waals surface area contributed by atoms with Gasteiger partial charge in [0.15, 0.2) is 5.78 Å². The first kappa shape index (κ1) is 9.87. The van der Waals surface area contributed by atoms with Gasteiger partial charge in [-0.3, -0.25) is 4.79 Å². The lowest BCUT2D eigenvalue weighted by atomic mass is 9.66. The summed E-state index contributed by atoms with van der Waals surface area (Å²) >= 11 is 1.49. The molecule has 1 fully saturated rings. The Kier molecular flexibility index (Phi) is 2.45. The molecule has 1 heterocycles. The number of aliphatic hydroxyl groups is 1. The molecule has 0 aromatic carbocycles. The summed E-state index contributed by atoms with van der Waals surface area (Å²) in [5.74, 6) is 0.152. The zero-order chi connectivity index (χ0) is 10.2. The Hall–Kier alpha value is -0.670. The van der Waals surface area contributed by atoms with Crippen molar-refractivity contribution in [3.8, 4) is 0 Å². The van der Waals surface area contributed by atoms with Crippen molar-refractivity contribution < 1.29 is 9.90 Å². The monoisotopic (exact) mass is 210 g/mol. The van der Waals surface area contributed by atoms with Gasteiger partial charge >= 0.3 is 0 Å². The van der Waals surface area contributed by atoms with Crippen LogP contribution in [0.25, 0.3) is 0 Å². The molecular formula is C11H14O2S. The van der Waals surface area contributed by atoms with E-state index in [9.17, 15) is 9.90 Å². The fourth-order valence-electron chi connectivity index (χ4n) is 1.91. The zero-order valence-electron chi connectivity index (χ0n) is 8.25. The number of carbonyl (C=O) groups excluding carboxylic acids is 1. The fraction of sp³-hybridized carbons (Fsp3) is 0.545. The number of carbonyl (C=O) groups is 1. The molecule has 3 heteroatoms. The van der Waals surface area contributed by atoms with E-state index in [1.165, 1.54) is 11.3 Å². The van der Waals surface area contributed by atoms with Crippen LogP contribution in [-0.4, -0.2) is 17.5 Å². The van der Waals surface area contributed by atoms with Crippen molar-refractivity contribution in [2.75, 3.05) is 6.61 Å². The number of aliphatic hydroxyl groups excluding tert-OH is 1. The Bertz CT molecular complexity index is 344. The van der Waals surface area contributed by atoms with Gasteiger partial charge < -0.3 is 5.11 Å². The molecule has 0 bridgehead atoms. The lowest BCUT2D eigenvalue weighted by Crippen LogP contribution is -2.41. The highest BCUT2D eigenvalue weighted by molar-refractivity contribution is 7.12. The fourth-order valence-corrected chi connectivity index (χ4v) is 2.89. The van der Waals surface area contributed by atoms with Crippen LogP contribution in [0.2, 0.25) is 0 Å². The molecule has 0 unspecified atom stereocenters. The van der Waals surface area contributed by atoms with Crippen molar-refractivity contribution in [3.05, 3.63) is 21.9 Å². The summed E-state index contributed by atoms with van der Waals surface area (Å²) in [7, 11) is 0. The number of Topliss-reactive ketones (excluding diaryl/α,β-unsaturated/α-hetero) is 1. The van der Waals surface area contributed by atoms with Crippen molar-refractivity contribution in [1.29, 1.82) is 0 Å². The minimum Gasteiger partial charge on any atom is -0.395 e. The Morgan fingerprint density at radius 3 is 2.71 bits per heavy atom. The molecule has 1 aromatic heterocycles. The molecule has 2 rings (SSSR count). The molecule has 14 heavy (non-hydrogen) atoms. The van der Waals surface area contributed by atoms with E-state index in [0.29, 0.717) is 0 Å². The van der Waals surface area contributed by atoms with Crippen LogP contribution in [0.4, 0.5) is 0 Å². The number of hydrogen-bond acceptors (Lipinski definition) is 3. The summed E-state index contributed by atoms with van der Waals surface area (Å²) < 4.78 is 0. The van der Waals surface area contributed by atoms with Crippen LogP contribution >= 0.6 is 11.3 Å². The van der Waals surface area contributed by atoms with Crippen molar-refractivity contribution in [2.45, 2.75) is 26.2 Å². The highest BCUT2D eigenvalue weighted by Gasteiger charge is 2.44. The maximum Gasteiger partial charge on any atom is 0.181 e. The van der Waals surface area contributed by atoms with E-state index in [-0.39, 0.29) is 12.4 Å². The summed E-state index contributed by atoms with van der Waals surface area (Å²) in [6.07, 6.45) is 2.76. The topological polar surface area (TPSA) is 37.3 Å². The van der Waals surface area contributed by atoms with Gasteiger partial charge in [-0.15, -0.1) is 11.3 Å². The second-order valence-electron chi connectivity index (χ2n) is 4.05. The smallest absolute Gasteiger partial charge is 0.181 e. The Morgan fingerprint density at radius 2 is 2.36 bits per heavy atom. The lowest BCUT2D eigenvalue weighted by Gasteiger charge is -2.38. The molecule has 0 aliphatic heterocycles. The van der Waals surface area contributed by atoms with Crippen LogP contribution < -0.4 is 0 Å². The summed E-state index contributed by atoms with van der Waals surface area (Å²) in [6.45, 7) is 1.96. The van der Waals surface area contributed by atoms with Crippen molar-refractivity contribution in [3.63, 3.8) is 0 Å². The highest BCUT2D eigenvalue weighted by Crippen LogP contribution is 2.44. The third kappa shape index (κ3) is 1.31. The molecule has 2 nitrogen and oxygen atoms in total. The van der Waals surface area contributed by atoms with Crippen LogP contribution in [-0.2, 0) is 0 Å². The normalized spacial score (nSPS) is 19.0. The first-order chi connectivity index (χ1) is 6.69. The van der Waals surface area contributed by atoms with Gasteiger partial charge in [-0.2, -0.15) is 0 Å². The van der Waals surface area contributed by atoms with Gasteiger partial charge in [0, 0.05) is 0 Å². The number of rotatable bonds is 3. The summed E-state index contributed by atoms with van der Waals surface area (Å²) in [5, 5.41) is 11.2. The highest BCUT2D eigenvalue weighted by atomic mass is 32.1. The van der Waals surface area contributed by atoms with Gasteiger partial charge in [-0.1, -0.05) is 6.42 Å². The second-order valence-corrected chi connectivity index (χ2v) is 4.97. The van der Waals surface area contributed by atoms with Crippen LogP contribution in [0.15, 0.2) is 11.4 Å². The Morgan fingerprint density at radius 1 is 1.64 bits per heavy atom. The average molecular weight is 210 g/mol. The molecule has 1 N–H and O–H groups in total. The van der Waals surface area contributed by atoms with E-state index in [0.717, 1.165) is 29.7 Å². The number of aryl methyl sites for hydroxylation is 1. The second kappa shape index (κ2) is 3.48. The van der Waals surface area contributed by atoms with E-state index in [2.05, 4.69) is 0 Å². The Labute approximate surface area is 87.6 Å². The minimum atomic E-state index is -0.435. The SMILES string of the molecule is Cc1ccsc1C(=O)C1(CO)CCC1. The molecule has 1 saturated carbocycles. The molecule has 1 aliphatic rings. The van der Waals surface area contributed by atoms with Crippen molar-refractivity contribution >= 4 is 17.1 Å². The average Bonchev–Trinajstić information content (AvgIpc) is 2.50. The minimum absolute atomic E-state index is 0.00315. The van der Waals surface area contributed by atoms with Crippen molar-refractivity contribution in [2.24, 2.45) is 5.41 Å². The van der Waals surface area contributed by atoms with Gasteiger partial charge in [0.05, 0.1) is 16.9 Å². The van der Waals surface area contributed by atoms with Gasteiger partial charge in [0.1, 0.15) is 0 Å². The predicted octanol–water partition coefficient (Wildman–Crippen LogP) is 2.40. The van der Waals surface area contributed by atoms with E-state index in [4.69, 9.17) is 0 Å². The van der Waals surface area contributed by atoms with Crippen LogP contribution in [0.5, 0.6) is 0 Å². The van der Waals surface area contributed by atoms with E-state index < -0.39 is 5.41 Å². The van der Waals surface area contributed by atoms with Gasteiger partial charge in [0.25, 0.3) is 0 Å². The molecular weight excluding hydrogens is 196 g/mol. The first-order valence-corrected chi connectivity index (χ1v) is 5.77. The standard InChI is InChI=1S/C11H14O2S/c1-8-3-6-14-9(8)10(13)11(7-12)4-2-5-11/h3,6,12H,2,4-5,7H2,1H3. The largest absolute Gasteiger partial charge is 0.395 e. The molecule has 0 saturated heterocycles. The zero-order valence-corrected chi connectivity index (χ0v) is 9.06. The molecule has 1 aliphatic carbocycles. The van der Waals surface area contributed by atoms with Gasteiger partial charge in [-0.05, 0) is 36.8 Å². The van der Waals surface area contributed by atoms with Crippen LogP contribution in [0.3, 0.4) is 0 Å². The number of hydrogen-bond donors (Lipinski definition) is 1. The molecule has 0 atom stereocenters. The molecule has 0 amide bonds. The van der Waals surface area contributed by atoms with E-state index in [1.54, 1.807) is 0 Å². The molecule has 0 radical (unpaired) electrons. The molecule has 1 aromatic rings. The van der Waals surface area contributed by atoms with Crippen molar-refractivity contribution in [1.82, 2.24) is 0 Å². The maximum atomic E-state index is 12.1. The third-order valence-electron chi connectivity index (χ3n) is 3.16. The Balaban J connectivity index is 2.27. The number of ketones is 1. The molecule has 76 valence electrons. The first-order valence-electron chi connectivity index (χ1n) is 4.89. The summed E-state index contributed by atoms with van der Waals surface area (Å²) in [6, 6.07) is 1.96. The van der Waals surface area contributed by atoms with E-state index in [1.807, 2.05) is 18.4 Å². The van der Waals surface area contributed by atoms with Gasteiger partial charge in [-0.25, -0.2) is 0 Å². The molecule has 0 spiro atoms. The van der Waals surface area contributed by atoms with E-state index >= 15 is 0 Å². The number of thiophene rings is 1. The quantitative estimate of drug-likeness (QED) is 0.778. The predicted molar refractivity (Wildman–Crippen MR) is 56.8 cm³/mol. The third-order valence-corrected chi connectivity index (χ3v) is 4.18. The summed E-state index contributed by atoms with van der Waals surface area (Å²) in [4.78, 5) is 12.9. The van der Waals surface area contributed by atoms with Crippen LogP contribution in [0, 0.1) is 12.3 Å². The van der Waals surface area contributed by atoms with Gasteiger partial charge in [0.2, 0.25) is 0 Å². The maximum absolute atomic E-state index is 12.1. The summed E-state index contributed by atoms with van der Waals surface area (Å²) in [5.41, 5.74) is 0.607.